The third-order valence-electron chi connectivity index (χ3n) is 2.90. The van der Waals surface area contributed by atoms with Crippen molar-refractivity contribution in [3.8, 4) is 0 Å². The molecule has 106 valence electrons. The lowest BCUT2D eigenvalue weighted by Gasteiger charge is -2.16. The maximum Gasteiger partial charge on any atom is 0.224 e. The van der Waals surface area contributed by atoms with Crippen molar-refractivity contribution < 1.29 is 4.79 Å². The molecule has 0 aromatic heterocycles. The van der Waals surface area contributed by atoms with Crippen molar-refractivity contribution in [3.05, 3.63) is 33.8 Å². The predicted molar refractivity (Wildman–Crippen MR) is 80.7 cm³/mol. The van der Waals surface area contributed by atoms with Crippen LogP contribution in [0.1, 0.15) is 31.7 Å². The molecule has 0 heterocycles. The van der Waals surface area contributed by atoms with Gasteiger partial charge in [0, 0.05) is 12.6 Å². The van der Waals surface area contributed by atoms with Crippen LogP contribution in [-0.2, 0) is 11.2 Å². The Morgan fingerprint density at radius 1 is 1.37 bits per heavy atom. The lowest BCUT2D eigenvalue weighted by Crippen LogP contribution is -2.40. The number of amides is 1. The molecule has 0 spiro atoms. The van der Waals surface area contributed by atoms with Crippen LogP contribution < -0.4 is 11.1 Å². The zero-order valence-corrected chi connectivity index (χ0v) is 12.6. The second-order valence-electron chi connectivity index (χ2n) is 4.57. The van der Waals surface area contributed by atoms with Crippen molar-refractivity contribution in [2.24, 2.45) is 5.73 Å². The average molecular weight is 303 g/mol. The summed E-state index contributed by atoms with van der Waals surface area (Å²) >= 11 is 11.7. The van der Waals surface area contributed by atoms with Crippen LogP contribution in [0.5, 0.6) is 0 Å². The van der Waals surface area contributed by atoms with E-state index in [1.165, 1.54) is 0 Å². The molecule has 0 saturated carbocycles. The van der Waals surface area contributed by atoms with Crippen molar-refractivity contribution in [1.29, 1.82) is 0 Å². The second-order valence-corrected chi connectivity index (χ2v) is 5.38. The molecular formula is C14H20Cl2N2O. The van der Waals surface area contributed by atoms with Crippen LogP contribution in [0, 0.1) is 0 Å². The molecule has 1 aromatic rings. The second kappa shape index (κ2) is 8.41. The fourth-order valence-electron chi connectivity index (χ4n) is 1.81. The number of rotatable bonds is 7. The van der Waals surface area contributed by atoms with E-state index < -0.39 is 0 Å². The van der Waals surface area contributed by atoms with Gasteiger partial charge in [0.2, 0.25) is 5.91 Å². The Labute approximate surface area is 124 Å². The minimum Gasteiger partial charge on any atom is -0.352 e. The Bertz CT molecular complexity index is 424. The fourth-order valence-corrected chi connectivity index (χ4v) is 2.13. The topological polar surface area (TPSA) is 55.1 Å². The Morgan fingerprint density at radius 2 is 2.11 bits per heavy atom. The molecule has 1 rings (SSSR count). The van der Waals surface area contributed by atoms with E-state index in [0.717, 1.165) is 24.8 Å². The highest BCUT2D eigenvalue weighted by atomic mass is 35.5. The van der Waals surface area contributed by atoms with E-state index in [4.69, 9.17) is 28.9 Å². The molecule has 0 aliphatic heterocycles. The number of benzene rings is 1. The monoisotopic (exact) mass is 302 g/mol. The number of carbonyl (C=O) groups excluding carboxylic acids is 1. The molecule has 19 heavy (non-hydrogen) atoms. The van der Waals surface area contributed by atoms with Crippen LogP contribution in [0.15, 0.2) is 18.2 Å². The molecule has 0 fully saturated rings. The third kappa shape index (κ3) is 5.81. The van der Waals surface area contributed by atoms with Crippen molar-refractivity contribution in [3.63, 3.8) is 0 Å². The lowest BCUT2D eigenvalue weighted by molar-refractivity contribution is -0.121. The lowest BCUT2D eigenvalue weighted by atomic mass is 10.1. The van der Waals surface area contributed by atoms with Gasteiger partial charge in [-0.3, -0.25) is 4.79 Å². The molecule has 0 aliphatic rings. The zero-order chi connectivity index (χ0) is 14.3. The average Bonchev–Trinajstić information content (AvgIpc) is 2.38. The van der Waals surface area contributed by atoms with E-state index in [9.17, 15) is 4.79 Å². The Hall–Kier alpha value is -0.770. The molecule has 5 heteroatoms. The van der Waals surface area contributed by atoms with E-state index in [2.05, 4.69) is 12.2 Å². The number of carbonyl (C=O) groups is 1. The number of nitrogens with two attached hydrogens (primary N) is 1. The van der Waals surface area contributed by atoms with Gasteiger partial charge in [0.15, 0.2) is 0 Å². The van der Waals surface area contributed by atoms with Crippen molar-refractivity contribution in [2.45, 2.75) is 38.6 Å². The number of halogens is 2. The van der Waals surface area contributed by atoms with Gasteiger partial charge in [-0.1, -0.05) is 49.0 Å². The molecule has 1 atom stereocenters. The number of hydrogen-bond donors (Lipinski definition) is 2. The number of nitrogens with one attached hydrogen (secondary N) is 1. The van der Waals surface area contributed by atoms with Crippen LogP contribution in [0.3, 0.4) is 0 Å². The highest BCUT2D eigenvalue weighted by Gasteiger charge is 2.11. The standard InChI is InChI=1S/C14H20Cl2N2O/c1-2-3-4-11(9-17)18-14(19)8-10-5-6-12(15)13(16)7-10/h5-7,11H,2-4,8-9,17H2,1H3,(H,18,19). The van der Waals surface area contributed by atoms with Crippen LogP contribution in [0.4, 0.5) is 0 Å². The molecule has 0 aliphatic carbocycles. The molecule has 0 saturated heterocycles. The summed E-state index contributed by atoms with van der Waals surface area (Å²) in [5.74, 6) is -0.0371. The third-order valence-corrected chi connectivity index (χ3v) is 3.64. The predicted octanol–water partition coefficient (Wildman–Crippen LogP) is 3.17. The first kappa shape index (κ1) is 16.3. The van der Waals surface area contributed by atoms with Gasteiger partial charge >= 0.3 is 0 Å². The first-order valence-electron chi connectivity index (χ1n) is 6.50. The summed E-state index contributed by atoms with van der Waals surface area (Å²) in [6.07, 6.45) is 3.37. The fraction of sp³-hybridized carbons (Fsp3) is 0.500. The van der Waals surface area contributed by atoms with E-state index >= 15 is 0 Å². The van der Waals surface area contributed by atoms with E-state index in [1.807, 2.05) is 0 Å². The smallest absolute Gasteiger partial charge is 0.224 e. The van der Waals surface area contributed by atoms with Crippen LogP contribution >= 0.6 is 23.2 Å². The zero-order valence-electron chi connectivity index (χ0n) is 11.1. The molecule has 1 unspecified atom stereocenters. The minimum absolute atomic E-state index is 0.0371. The van der Waals surface area contributed by atoms with Crippen molar-refractivity contribution in [1.82, 2.24) is 5.32 Å². The van der Waals surface area contributed by atoms with Gasteiger partial charge in [0.05, 0.1) is 16.5 Å². The number of hydrogen-bond acceptors (Lipinski definition) is 2. The first-order valence-corrected chi connectivity index (χ1v) is 7.25. The van der Waals surface area contributed by atoms with Gasteiger partial charge in [0.1, 0.15) is 0 Å². The highest BCUT2D eigenvalue weighted by molar-refractivity contribution is 6.42. The maximum atomic E-state index is 11.9. The molecule has 3 N–H and O–H groups in total. The summed E-state index contributed by atoms with van der Waals surface area (Å²) in [7, 11) is 0. The van der Waals surface area contributed by atoms with Gasteiger partial charge in [-0.25, -0.2) is 0 Å². The van der Waals surface area contributed by atoms with Gasteiger partial charge in [-0.15, -0.1) is 0 Å². The Kier molecular flexibility index (Phi) is 7.21. The molecule has 3 nitrogen and oxygen atoms in total. The summed E-state index contributed by atoms with van der Waals surface area (Å²) in [6.45, 7) is 2.58. The van der Waals surface area contributed by atoms with E-state index in [-0.39, 0.29) is 11.9 Å². The van der Waals surface area contributed by atoms with Crippen molar-refractivity contribution >= 4 is 29.1 Å². The van der Waals surface area contributed by atoms with Crippen molar-refractivity contribution in [2.75, 3.05) is 6.54 Å². The first-order chi connectivity index (χ1) is 9.06. The molecule has 1 aromatic carbocycles. The van der Waals surface area contributed by atoms with Gasteiger partial charge in [0.25, 0.3) is 0 Å². The minimum atomic E-state index is -0.0371. The summed E-state index contributed by atoms with van der Waals surface area (Å²) < 4.78 is 0. The van der Waals surface area contributed by atoms with Gasteiger partial charge < -0.3 is 11.1 Å². The van der Waals surface area contributed by atoms with Crippen LogP contribution in [0.25, 0.3) is 0 Å². The van der Waals surface area contributed by atoms with Gasteiger partial charge in [-0.05, 0) is 24.1 Å². The summed E-state index contributed by atoms with van der Waals surface area (Å²) in [5.41, 5.74) is 6.49. The largest absolute Gasteiger partial charge is 0.352 e. The van der Waals surface area contributed by atoms with Crippen LogP contribution in [0.2, 0.25) is 10.0 Å². The molecule has 0 radical (unpaired) electrons. The SMILES string of the molecule is CCCCC(CN)NC(=O)Cc1ccc(Cl)c(Cl)c1. The Balaban J connectivity index is 2.51. The number of unbranched alkanes of at least 4 members (excludes halogenated alkanes) is 1. The molecular weight excluding hydrogens is 283 g/mol. The molecule has 1 amide bonds. The summed E-state index contributed by atoms with van der Waals surface area (Å²) in [6, 6.07) is 5.27. The van der Waals surface area contributed by atoms with E-state index in [1.54, 1.807) is 18.2 Å². The highest BCUT2D eigenvalue weighted by Crippen LogP contribution is 2.22. The van der Waals surface area contributed by atoms with Gasteiger partial charge in [-0.2, -0.15) is 0 Å². The summed E-state index contributed by atoms with van der Waals surface area (Å²) in [4.78, 5) is 11.9. The quantitative estimate of drug-likeness (QED) is 0.813. The summed E-state index contributed by atoms with van der Waals surface area (Å²) in [5, 5.41) is 3.90. The maximum absolute atomic E-state index is 11.9. The Morgan fingerprint density at radius 3 is 2.68 bits per heavy atom. The van der Waals surface area contributed by atoms with Crippen LogP contribution in [-0.4, -0.2) is 18.5 Å². The molecule has 0 bridgehead atoms. The normalized spacial score (nSPS) is 12.2. The van der Waals surface area contributed by atoms with E-state index in [0.29, 0.717) is 23.0 Å².